The molecule has 0 atom stereocenters. The third kappa shape index (κ3) is 3.17. The summed E-state index contributed by atoms with van der Waals surface area (Å²) in [5.41, 5.74) is 11.1. The fraction of sp³-hybridized carbons (Fsp3) is 0.143. The van der Waals surface area contributed by atoms with Crippen LogP contribution in [0.1, 0.15) is 12.6 Å². The molecule has 80 valence electrons. The highest BCUT2D eigenvalue weighted by molar-refractivity contribution is 9.10. The van der Waals surface area contributed by atoms with E-state index in [1.807, 2.05) is 0 Å². The first kappa shape index (κ1) is 11.4. The molecule has 7 nitrogen and oxygen atoms in total. The number of anilines is 1. The number of carbonyl (C=O) groups excluding carboxylic acids is 1. The van der Waals surface area contributed by atoms with Crippen LogP contribution in [0, 0.1) is 0 Å². The van der Waals surface area contributed by atoms with Gasteiger partial charge in [-0.25, -0.2) is 14.8 Å². The van der Waals surface area contributed by atoms with Crippen molar-refractivity contribution in [2.45, 2.75) is 6.92 Å². The van der Waals surface area contributed by atoms with E-state index in [0.717, 1.165) is 0 Å². The Kier molecular flexibility index (Phi) is 3.56. The van der Waals surface area contributed by atoms with Crippen LogP contribution in [0.15, 0.2) is 16.0 Å². The van der Waals surface area contributed by atoms with E-state index in [1.54, 1.807) is 0 Å². The highest BCUT2D eigenvalue weighted by Gasteiger charge is 2.09. The second kappa shape index (κ2) is 4.69. The summed E-state index contributed by atoms with van der Waals surface area (Å²) in [5.74, 6) is -0.595. The summed E-state index contributed by atoms with van der Waals surface area (Å²) in [5, 5.41) is 3.34. The lowest BCUT2D eigenvalue weighted by atomic mass is 10.4. The summed E-state index contributed by atoms with van der Waals surface area (Å²) in [6, 6.07) is 0. The molecule has 8 heteroatoms. The Balaban J connectivity index is 2.99. The van der Waals surface area contributed by atoms with Crippen LogP contribution >= 0.6 is 15.9 Å². The average molecular weight is 274 g/mol. The molecule has 1 aromatic heterocycles. The maximum Gasteiger partial charge on any atom is 0.332 e. The molecular formula is C7H8BrN5O2. The third-order valence-corrected chi connectivity index (χ3v) is 1.67. The normalized spacial score (nSPS) is 11.2. The number of nitrogens with two attached hydrogens (primary N) is 2. The molecule has 0 aliphatic rings. The summed E-state index contributed by atoms with van der Waals surface area (Å²) < 4.78 is 0.452. The van der Waals surface area contributed by atoms with Gasteiger partial charge in [-0.1, -0.05) is 5.16 Å². The van der Waals surface area contributed by atoms with E-state index >= 15 is 0 Å². The van der Waals surface area contributed by atoms with E-state index in [9.17, 15) is 4.79 Å². The zero-order chi connectivity index (χ0) is 11.4. The van der Waals surface area contributed by atoms with Gasteiger partial charge >= 0.3 is 5.97 Å². The molecule has 0 spiro atoms. The van der Waals surface area contributed by atoms with E-state index in [4.69, 9.17) is 11.5 Å². The molecule has 0 radical (unpaired) electrons. The largest absolute Gasteiger partial charge is 0.382 e. The van der Waals surface area contributed by atoms with Crippen molar-refractivity contribution < 1.29 is 9.63 Å². The maximum absolute atomic E-state index is 10.5. The number of aromatic nitrogens is 2. The smallest absolute Gasteiger partial charge is 0.332 e. The lowest BCUT2D eigenvalue weighted by Crippen LogP contribution is -2.19. The van der Waals surface area contributed by atoms with Crippen LogP contribution in [0.2, 0.25) is 0 Å². The zero-order valence-electron chi connectivity index (χ0n) is 7.77. The van der Waals surface area contributed by atoms with Gasteiger partial charge in [0.05, 0.1) is 6.20 Å². The van der Waals surface area contributed by atoms with Crippen LogP contribution in [-0.2, 0) is 9.63 Å². The first-order chi connectivity index (χ1) is 7.00. The van der Waals surface area contributed by atoms with Gasteiger partial charge in [0.1, 0.15) is 4.60 Å². The predicted octanol–water partition coefficient (Wildman–Crippen LogP) is 0.00470. The topological polar surface area (TPSA) is 116 Å². The molecule has 1 rings (SSSR count). The Morgan fingerprint density at radius 2 is 2.33 bits per heavy atom. The van der Waals surface area contributed by atoms with E-state index in [0.29, 0.717) is 4.60 Å². The fourth-order valence-corrected chi connectivity index (χ4v) is 1.00. The Morgan fingerprint density at radius 1 is 1.67 bits per heavy atom. The summed E-state index contributed by atoms with van der Waals surface area (Å²) in [7, 11) is 0. The molecule has 0 saturated heterocycles. The van der Waals surface area contributed by atoms with E-state index in [2.05, 4.69) is 35.9 Å². The molecule has 0 aliphatic heterocycles. The summed E-state index contributed by atoms with van der Waals surface area (Å²) in [6.45, 7) is 1.20. The summed E-state index contributed by atoms with van der Waals surface area (Å²) in [4.78, 5) is 22.5. The minimum absolute atomic E-state index is 0.103. The van der Waals surface area contributed by atoms with Crippen LogP contribution in [-0.4, -0.2) is 21.8 Å². The Morgan fingerprint density at radius 3 is 2.93 bits per heavy atom. The number of rotatable bonds is 2. The van der Waals surface area contributed by atoms with Gasteiger partial charge in [-0.05, 0) is 15.9 Å². The number of carbonyl (C=O) groups is 1. The zero-order valence-corrected chi connectivity index (χ0v) is 9.35. The molecule has 4 N–H and O–H groups in total. The molecule has 0 amide bonds. The SMILES string of the molecule is CC(=O)ON=C(N)c1nc(Br)cnc1N. The van der Waals surface area contributed by atoms with Crippen molar-refractivity contribution in [3.05, 3.63) is 16.5 Å². The standard InChI is InChI=1S/C7H8BrN5O2/c1-3(14)15-13-7(10)5-6(9)11-2-4(8)12-5/h2H,1H3,(H2,9,11)(H2,10,13). The molecule has 15 heavy (non-hydrogen) atoms. The molecule has 1 heterocycles. The lowest BCUT2D eigenvalue weighted by Gasteiger charge is -2.02. The molecule has 0 aliphatic carbocycles. The van der Waals surface area contributed by atoms with Gasteiger partial charge in [0.2, 0.25) is 0 Å². The number of nitrogens with zero attached hydrogens (tertiary/aromatic N) is 3. The minimum Gasteiger partial charge on any atom is -0.382 e. The number of hydrogen-bond acceptors (Lipinski definition) is 6. The fourth-order valence-electron chi connectivity index (χ4n) is 0.722. The molecule has 0 fully saturated rings. The number of hydrogen-bond donors (Lipinski definition) is 2. The Bertz CT molecular complexity index is 420. The molecule has 0 unspecified atom stereocenters. The van der Waals surface area contributed by atoms with Gasteiger partial charge in [-0.2, -0.15) is 0 Å². The van der Waals surface area contributed by atoms with Crippen LogP contribution in [0.4, 0.5) is 5.82 Å². The molecule has 0 bridgehead atoms. The third-order valence-electron chi connectivity index (χ3n) is 1.29. The van der Waals surface area contributed by atoms with Crippen molar-refractivity contribution in [3.63, 3.8) is 0 Å². The second-order valence-corrected chi connectivity index (χ2v) is 3.30. The van der Waals surface area contributed by atoms with Crippen molar-refractivity contribution in [3.8, 4) is 0 Å². The highest BCUT2D eigenvalue weighted by Crippen LogP contribution is 2.10. The van der Waals surface area contributed by atoms with Gasteiger partial charge in [0.15, 0.2) is 17.3 Å². The monoisotopic (exact) mass is 273 g/mol. The lowest BCUT2D eigenvalue weighted by molar-refractivity contribution is -0.140. The number of halogens is 1. The van der Waals surface area contributed by atoms with Crippen molar-refractivity contribution >= 4 is 33.6 Å². The Labute approximate surface area is 93.6 Å². The average Bonchev–Trinajstić information content (AvgIpc) is 2.18. The van der Waals surface area contributed by atoms with Crippen LogP contribution in [0.3, 0.4) is 0 Å². The van der Waals surface area contributed by atoms with Crippen LogP contribution in [0.25, 0.3) is 0 Å². The van der Waals surface area contributed by atoms with Gasteiger partial charge in [0, 0.05) is 6.92 Å². The van der Waals surface area contributed by atoms with Crippen molar-refractivity contribution in [2.24, 2.45) is 10.9 Å². The first-order valence-electron chi connectivity index (χ1n) is 3.80. The van der Waals surface area contributed by atoms with Gasteiger partial charge in [0.25, 0.3) is 0 Å². The summed E-state index contributed by atoms with van der Waals surface area (Å²) in [6.07, 6.45) is 1.41. The number of nitrogen functional groups attached to an aromatic ring is 1. The Hall–Kier alpha value is -1.70. The van der Waals surface area contributed by atoms with Crippen molar-refractivity contribution in [1.29, 1.82) is 0 Å². The van der Waals surface area contributed by atoms with Gasteiger partial charge < -0.3 is 16.3 Å². The second-order valence-electron chi connectivity index (χ2n) is 2.49. The number of amidine groups is 1. The quantitative estimate of drug-likeness (QED) is 0.339. The summed E-state index contributed by atoms with van der Waals surface area (Å²) >= 11 is 3.10. The van der Waals surface area contributed by atoms with Gasteiger partial charge in [-0.3, -0.25) is 0 Å². The molecular weight excluding hydrogens is 266 g/mol. The van der Waals surface area contributed by atoms with Crippen LogP contribution < -0.4 is 11.5 Å². The highest BCUT2D eigenvalue weighted by atomic mass is 79.9. The van der Waals surface area contributed by atoms with E-state index in [-0.39, 0.29) is 17.3 Å². The van der Waals surface area contributed by atoms with Crippen LogP contribution in [0.5, 0.6) is 0 Å². The maximum atomic E-state index is 10.5. The van der Waals surface area contributed by atoms with Gasteiger partial charge in [-0.15, -0.1) is 0 Å². The molecule has 1 aromatic rings. The molecule has 0 saturated carbocycles. The van der Waals surface area contributed by atoms with Crippen molar-refractivity contribution in [1.82, 2.24) is 9.97 Å². The predicted molar refractivity (Wildman–Crippen MR) is 56.6 cm³/mol. The van der Waals surface area contributed by atoms with Crippen molar-refractivity contribution in [2.75, 3.05) is 5.73 Å². The van der Waals surface area contributed by atoms with E-state index < -0.39 is 5.97 Å². The van der Waals surface area contributed by atoms with E-state index in [1.165, 1.54) is 13.1 Å². The number of oxime groups is 1. The minimum atomic E-state index is -0.584. The first-order valence-corrected chi connectivity index (χ1v) is 4.59. The molecule has 0 aromatic carbocycles.